The van der Waals surface area contributed by atoms with Crippen molar-refractivity contribution in [2.24, 2.45) is 0 Å². The molecule has 4 rings (SSSR count). The summed E-state index contributed by atoms with van der Waals surface area (Å²) < 4.78 is 11.7. The zero-order valence-electron chi connectivity index (χ0n) is 16.8. The highest BCUT2D eigenvalue weighted by atomic mass is 16.5. The first-order valence-corrected chi connectivity index (χ1v) is 10.1. The molecule has 0 unspecified atom stereocenters. The van der Waals surface area contributed by atoms with E-state index in [1.54, 1.807) is 0 Å². The Hall–Kier alpha value is -3.78. The lowest BCUT2D eigenvalue weighted by atomic mass is 10.1. The molecule has 4 aromatic carbocycles. The Bertz CT molecular complexity index is 962. The second-order valence-corrected chi connectivity index (χ2v) is 7.02. The smallest absolute Gasteiger partial charge is 0.119 e. The van der Waals surface area contributed by atoms with Crippen molar-refractivity contribution in [1.82, 2.24) is 0 Å². The molecule has 0 bridgehead atoms. The van der Waals surface area contributed by atoms with Gasteiger partial charge in [-0.05, 0) is 46.5 Å². The van der Waals surface area contributed by atoms with Crippen LogP contribution in [0.15, 0.2) is 109 Å². The van der Waals surface area contributed by atoms with Crippen LogP contribution in [-0.2, 0) is 13.2 Å². The minimum Gasteiger partial charge on any atom is -0.489 e. The molecule has 0 heterocycles. The average Bonchev–Trinajstić information content (AvgIpc) is 2.83. The summed E-state index contributed by atoms with van der Waals surface area (Å²) in [5.41, 5.74) is 4.59. The molecule has 0 saturated carbocycles. The van der Waals surface area contributed by atoms with E-state index < -0.39 is 0 Å². The summed E-state index contributed by atoms with van der Waals surface area (Å²) in [7, 11) is 0. The monoisotopic (exact) mass is 392 g/mol. The molecule has 0 spiro atoms. The number of benzene rings is 4. The SMILES string of the molecule is C(=C\c1ccc(OCc2ccccc2)cc1)/c1ccc(OCc2ccccc2)cc1. The first kappa shape index (κ1) is 19.5. The molecular formula is C28H24O2. The van der Waals surface area contributed by atoms with Gasteiger partial charge in [-0.2, -0.15) is 0 Å². The van der Waals surface area contributed by atoms with Gasteiger partial charge in [0, 0.05) is 0 Å². The lowest BCUT2D eigenvalue weighted by Crippen LogP contribution is -1.94. The molecule has 0 fully saturated rings. The largest absolute Gasteiger partial charge is 0.489 e. The minimum atomic E-state index is 0.578. The van der Waals surface area contributed by atoms with Gasteiger partial charge in [0.25, 0.3) is 0 Å². The Labute approximate surface area is 178 Å². The molecule has 30 heavy (non-hydrogen) atoms. The highest BCUT2D eigenvalue weighted by Gasteiger charge is 1.97. The van der Waals surface area contributed by atoms with Gasteiger partial charge in [-0.25, -0.2) is 0 Å². The van der Waals surface area contributed by atoms with Crippen molar-refractivity contribution in [3.63, 3.8) is 0 Å². The molecule has 0 N–H and O–H groups in total. The van der Waals surface area contributed by atoms with Gasteiger partial charge in [0.15, 0.2) is 0 Å². The van der Waals surface area contributed by atoms with Crippen LogP contribution >= 0.6 is 0 Å². The van der Waals surface area contributed by atoms with Crippen molar-refractivity contribution in [3.8, 4) is 11.5 Å². The highest BCUT2D eigenvalue weighted by molar-refractivity contribution is 5.70. The fourth-order valence-corrected chi connectivity index (χ4v) is 3.02. The normalized spacial score (nSPS) is 10.8. The van der Waals surface area contributed by atoms with E-state index in [0.717, 1.165) is 33.8 Å². The number of ether oxygens (including phenoxy) is 2. The van der Waals surface area contributed by atoms with Crippen molar-refractivity contribution in [3.05, 3.63) is 131 Å². The van der Waals surface area contributed by atoms with E-state index in [2.05, 4.69) is 60.7 Å². The van der Waals surface area contributed by atoms with Crippen molar-refractivity contribution >= 4 is 12.2 Å². The third-order valence-electron chi connectivity index (χ3n) is 4.73. The molecule has 0 aliphatic heterocycles. The standard InChI is InChI=1S/C28H24O2/c1-3-7-25(8-4-1)21-29-27-17-13-23(14-18-27)11-12-24-15-19-28(20-16-24)30-22-26-9-5-2-6-10-26/h1-20H,21-22H2/b12-11+. The van der Waals surface area contributed by atoms with Gasteiger partial charge in [0.1, 0.15) is 24.7 Å². The summed E-state index contributed by atoms with van der Waals surface area (Å²) in [6.45, 7) is 1.16. The van der Waals surface area contributed by atoms with E-state index in [9.17, 15) is 0 Å². The van der Waals surface area contributed by atoms with Gasteiger partial charge in [-0.15, -0.1) is 0 Å². The van der Waals surface area contributed by atoms with Crippen LogP contribution < -0.4 is 9.47 Å². The van der Waals surface area contributed by atoms with E-state index in [0.29, 0.717) is 13.2 Å². The molecule has 0 aliphatic carbocycles. The Morgan fingerprint density at radius 1 is 0.433 bits per heavy atom. The highest BCUT2D eigenvalue weighted by Crippen LogP contribution is 2.18. The molecule has 148 valence electrons. The summed E-state index contributed by atoms with van der Waals surface area (Å²) in [4.78, 5) is 0. The lowest BCUT2D eigenvalue weighted by Gasteiger charge is -2.07. The fourth-order valence-electron chi connectivity index (χ4n) is 3.02. The topological polar surface area (TPSA) is 18.5 Å². The first-order chi connectivity index (χ1) is 14.8. The van der Waals surface area contributed by atoms with E-state index in [1.165, 1.54) is 0 Å². The van der Waals surface area contributed by atoms with Crippen molar-refractivity contribution in [2.75, 3.05) is 0 Å². The van der Waals surface area contributed by atoms with E-state index in [4.69, 9.17) is 9.47 Å². The third-order valence-corrected chi connectivity index (χ3v) is 4.73. The molecule has 2 nitrogen and oxygen atoms in total. The Morgan fingerprint density at radius 3 is 1.17 bits per heavy atom. The Morgan fingerprint density at radius 2 is 0.800 bits per heavy atom. The second-order valence-electron chi connectivity index (χ2n) is 7.02. The quantitative estimate of drug-likeness (QED) is 0.300. The van der Waals surface area contributed by atoms with Crippen LogP contribution in [0.4, 0.5) is 0 Å². The van der Waals surface area contributed by atoms with Crippen molar-refractivity contribution < 1.29 is 9.47 Å². The van der Waals surface area contributed by atoms with E-state index in [1.807, 2.05) is 60.7 Å². The van der Waals surface area contributed by atoms with Gasteiger partial charge >= 0.3 is 0 Å². The molecular weight excluding hydrogens is 368 g/mol. The maximum Gasteiger partial charge on any atom is 0.119 e. The van der Waals surface area contributed by atoms with Crippen LogP contribution in [-0.4, -0.2) is 0 Å². The second kappa shape index (κ2) is 10.1. The molecule has 2 heteroatoms. The third kappa shape index (κ3) is 5.86. The van der Waals surface area contributed by atoms with Gasteiger partial charge < -0.3 is 9.47 Å². The van der Waals surface area contributed by atoms with Gasteiger partial charge in [0.05, 0.1) is 0 Å². The zero-order chi connectivity index (χ0) is 20.4. The summed E-state index contributed by atoms with van der Waals surface area (Å²) in [5, 5.41) is 0. The maximum atomic E-state index is 5.84. The number of hydrogen-bond acceptors (Lipinski definition) is 2. The fraction of sp³-hybridized carbons (Fsp3) is 0.0714. The molecule has 0 amide bonds. The van der Waals surface area contributed by atoms with Crippen LogP contribution in [0.25, 0.3) is 12.2 Å². The average molecular weight is 392 g/mol. The van der Waals surface area contributed by atoms with Crippen LogP contribution in [0.2, 0.25) is 0 Å². The summed E-state index contributed by atoms with van der Waals surface area (Å²) in [6.07, 6.45) is 4.20. The van der Waals surface area contributed by atoms with Gasteiger partial charge in [-0.1, -0.05) is 97.1 Å². The summed E-state index contributed by atoms with van der Waals surface area (Å²) >= 11 is 0. The van der Waals surface area contributed by atoms with Gasteiger partial charge in [-0.3, -0.25) is 0 Å². The van der Waals surface area contributed by atoms with Crippen LogP contribution in [0.5, 0.6) is 11.5 Å². The maximum absolute atomic E-state index is 5.84. The van der Waals surface area contributed by atoms with Gasteiger partial charge in [0.2, 0.25) is 0 Å². The molecule has 4 aromatic rings. The summed E-state index contributed by atoms with van der Waals surface area (Å²) in [6, 6.07) is 36.6. The molecule has 0 aromatic heterocycles. The Balaban J connectivity index is 1.28. The van der Waals surface area contributed by atoms with Crippen LogP contribution in [0.1, 0.15) is 22.3 Å². The van der Waals surface area contributed by atoms with Crippen LogP contribution in [0, 0.1) is 0 Å². The van der Waals surface area contributed by atoms with E-state index >= 15 is 0 Å². The minimum absolute atomic E-state index is 0.578. The number of hydrogen-bond donors (Lipinski definition) is 0. The zero-order valence-corrected chi connectivity index (χ0v) is 16.8. The number of rotatable bonds is 8. The van der Waals surface area contributed by atoms with Crippen molar-refractivity contribution in [2.45, 2.75) is 13.2 Å². The molecule has 0 aliphatic rings. The predicted octanol–water partition coefficient (Wildman–Crippen LogP) is 7.02. The predicted molar refractivity (Wildman–Crippen MR) is 123 cm³/mol. The lowest BCUT2D eigenvalue weighted by molar-refractivity contribution is 0.306. The molecule has 0 saturated heterocycles. The van der Waals surface area contributed by atoms with Crippen LogP contribution in [0.3, 0.4) is 0 Å². The molecule has 0 radical (unpaired) electrons. The first-order valence-electron chi connectivity index (χ1n) is 10.1. The van der Waals surface area contributed by atoms with E-state index in [-0.39, 0.29) is 0 Å². The molecule has 0 atom stereocenters. The Kier molecular flexibility index (Phi) is 6.59. The summed E-state index contributed by atoms with van der Waals surface area (Å²) in [5.74, 6) is 1.74. The van der Waals surface area contributed by atoms with Crippen molar-refractivity contribution in [1.29, 1.82) is 0 Å².